The minimum atomic E-state index is 0.440. The average Bonchev–Trinajstić information content (AvgIpc) is 2.19. The molecule has 70 valence electrons. The molecule has 2 rings (SSSR count). The number of anilines is 1. The minimum absolute atomic E-state index is 0.440. The summed E-state index contributed by atoms with van der Waals surface area (Å²) in [6, 6.07) is 1.69. The van der Waals surface area contributed by atoms with Gasteiger partial charge < -0.3 is 5.73 Å². The van der Waals surface area contributed by atoms with E-state index in [1.165, 1.54) is 6.33 Å². The molecule has 0 amide bonds. The van der Waals surface area contributed by atoms with E-state index in [0.717, 1.165) is 17.1 Å². The molecule has 2 aromatic rings. The highest BCUT2D eigenvalue weighted by atomic mass is 14.9. The van der Waals surface area contributed by atoms with E-state index in [0.29, 0.717) is 5.82 Å². The van der Waals surface area contributed by atoms with E-state index in [-0.39, 0.29) is 0 Å². The first-order chi connectivity index (χ1) is 6.75. The summed E-state index contributed by atoms with van der Waals surface area (Å²) in [6.07, 6.45) is 4.85. The molecule has 0 bridgehead atoms. The van der Waals surface area contributed by atoms with Crippen LogP contribution in [0.3, 0.4) is 0 Å². The number of hydrogen-bond donors (Lipinski definition) is 1. The molecule has 0 fully saturated rings. The molecule has 0 aliphatic rings. The van der Waals surface area contributed by atoms with Gasteiger partial charge in [-0.15, -0.1) is 0 Å². The van der Waals surface area contributed by atoms with Gasteiger partial charge in [0.25, 0.3) is 0 Å². The van der Waals surface area contributed by atoms with E-state index in [4.69, 9.17) is 5.73 Å². The molecule has 0 saturated heterocycles. The van der Waals surface area contributed by atoms with Crippen LogP contribution in [0, 0.1) is 6.92 Å². The lowest BCUT2D eigenvalue weighted by Crippen LogP contribution is -1.94. The van der Waals surface area contributed by atoms with Crippen LogP contribution in [0.25, 0.3) is 11.3 Å². The number of aryl methyl sites for hydroxylation is 1. The van der Waals surface area contributed by atoms with E-state index in [2.05, 4.69) is 19.9 Å². The normalized spacial score (nSPS) is 10.1. The van der Waals surface area contributed by atoms with Gasteiger partial charge in [0.15, 0.2) is 0 Å². The number of nitrogens with two attached hydrogens (primary N) is 1. The Morgan fingerprint density at radius 3 is 2.43 bits per heavy atom. The molecule has 5 heteroatoms. The van der Waals surface area contributed by atoms with Crippen LogP contribution in [0.15, 0.2) is 24.8 Å². The van der Waals surface area contributed by atoms with Gasteiger partial charge in [-0.05, 0) is 6.92 Å². The fourth-order valence-electron chi connectivity index (χ4n) is 1.06. The van der Waals surface area contributed by atoms with E-state index in [1.807, 2.05) is 6.92 Å². The number of nitrogens with zero attached hydrogens (tertiary/aromatic N) is 4. The van der Waals surface area contributed by atoms with Gasteiger partial charge in [-0.1, -0.05) is 0 Å². The van der Waals surface area contributed by atoms with Crippen molar-refractivity contribution in [1.82, 2.24) is 19.9 Å². The summed E-state index contributed by atoms with van der Waals surface area (Å²) in [5.74, 6) is 1.17. The van der Waals surface area contributed by atoms with Crippen molar-refractivity contribution in [3.05, 3.63) is 30.6 Å². The lowest BCUT2D eigenvalue weighted by Gasteiger charge is -1.99. The molecule has 0 aromatic carbocycles. The number of rotatable bonds is 1. The molecule has 2 N–H and O–H groups in total. The van der Waals surface area contributed by atoms with Gasteiger partial charge in [0.1, 0.15) is 18.0 Å². The van der Waals surface area contributed by atoms with Crippen molar-refractivity contribution in [3.63, 3.8) is 0 Å². The van der Waals surface area contributed by atoms with Crippen LogP contribution in [-0.2, 0) is 0 Å². The van der Waals surface area contributed by atoms with E-state index < -0.39 is 0 Å². The largest absolute Gasteiger partial charge is 0.384 e. The lowest BCUT2D eigenvalue weighted by molar-refractivity contribution is 1.05. The highest BCUT2D eigenvalue weighted by molar-refractivity contribution is 5.59. The predicted molar refractivity (Wildman–Crippen MR) is 52.2 cm³/mol. The van der Waals surface area contributed by atoms with Crippen LogP contribution in [0.1, 0.15) is 5.82 Å². The zero-order valence-electron chi connectivity index (χ0n) is 7.68. The van der Waals surface area contributed by atoms with Gasteiger partial charge in [0.2, 0.25) is 0 Å². The van der Waals surface area contributed by atoms with Crippen molar-refractivity contribution in [2.75, 3.05) is 5.73 Å². The second-order valence-corrected chi connectivity index (χ2v) is 2.85. The highest BCUT2D eigenvalue weighted by Crippen LogP contribution is 2.14. The quantitative estimate of drug-likeness (QED) is 0.715. The zero-order chi connectivity index (χ0) is 9.97. The third kappa shape index (κ3) is 1.66. The monoisotopic (exact) mass is 187 g/mol. The van der Waals surface area contributed by atoms with Gasteiger partial charge in [0.05, 0.1) is 5.69 Å². The number of nitrogen functional groups attached to an aromatic ring is 1. The average molecular weight is 187 g/mol. The number of hydrogen-bond acceptors (Lipinski definition) is 5. The first-order valence-corrected chi connectivity index (χ1v) is 4.12. The third-order valence-corrected chi connectivity index (χ3v) is 1.76. The molecule has 0 aliphatic carbocycles. The third-order valence-electron chi connectivity index (χ3n) is 1.76. The number of aromatic nitrogens is 4. The van der Waals surface area contributed by atoms with E-state index in [1.54, 1.807) is 18.5 Å². The van der Waals surface area contributed by atoms with Crippen molar-refractivity contribution < 1.29 is 0 Å². The van der Waals surface area contributed by atoms with Crippen molar-refractivity contribution in [1.29, 1.82) is 0 Å². The minimum Gasteiger partial charge on any atom is -0.384 e. The second kappa shape index (κ2) is 3.37. The summed E-state index contributed by atoms with van der Waals surface area (Å²) in [5, 5.41) is 0. The summed E-state index contributed by atoms with van der Waals surface area (Å²) < 4.78 is 0. The summed E-state index contributed by atoms with van der Waals surface area (Å²) in [4.78, 5) is 16.0. The molecular weight excluding hydrogens is 178 g/mol. The molecule has 0 saturated carbocycles. The first kappa shape index (κ1) is 8.55. The first-order valence-electron chi connectivity index (χ1n) is 4.12. The summed E-state index contributed by atoms with van der Waals surface area (Å²) in [5.41, 5.74) is 7.11. The molecule has 2 aromatic heterocycles. The SMILES string of the molecule is Cc1ncc(-c2cc(N)ncn2)cn1. The second-order valence-electron chi connectivity index (χ2n) is 2.85. The molecule has 5 nitrogen and oxygen atoms in total. The van der Waals surface area contributed by atoms with Crippen LogP contribution >= 0.6 is 0 Å². The molecule has 0 spiro atoms. The molecule has 0 atom stereocenters. The van der Waals surface area contributed by atoms with Crippen molar-refractivity contribution in [3.8, 4) is 11.3 Å². The van der Waals surface area contributed by atoms with Gasteiger partial charge >= 0.3 is 0 Å². The molecule has 14 heavy (non-hydrogen) atoms. The summed E-state index contributed by atoms with van der Waals surface area (Å²) in [6.45, 7) is 1.83. The Bertz CT molecular complexity index is 437. The molecular formula is C9H9N5. The Labute approximate surface area is 81.1 Å². The topological polar surface area (TPSA) is 77.6 Å². The van der Waals surface area contributed by atoms with E-state index in [9.17, 15) is 0 Å². The Morgan fingerprint density at radius 1 is 1.07 bits per heavy atom. The van der Waals surface area contributed by atoms with E-state index >= 15 is 0 Å². The molecule has 2 heterocycles. The Morgan fingerprint density at radius 2 is 1.79 bits per heavy atom. The van der Waals surface area contributed by atoms with Gasteiger partial charge in [-0.25, -0.2) is 19.9 Å². The maximum Gasteiger partial charge on any atom is 0.127 e. The molecule has 0 radical (unpaired) electrons. The zero-order valence-corrected chi connectivity index (χ0v) is 7.68. The van der Waals surface area contributed by atoms with Crippen molar-refractivity contribution in [2.45, 2.75) is 6.92 Å². The maximum atomic E-state index is 5.53. The standard InChI is InChI=1S/C9H9N5/c1-6-11-3-7(4-12-6)8-2-9(10)14-5-13-8/h2-5H,1H3,(H2,10,13,14). The smallest absolute Gasteiger partial charge is 0.127 e. The predicted octanol–water partition coefficient (Wildman–Crippen LogP) is 0.824. The Kier molecular flexibility index (Phi) is 2.06. The Balaban J connectivity index is 2.44. The molecule has 0 unspecified atom stereocenters. The van der Waals surface area contributed by atoms with Crippen LogP contribution in [0.2, 0.25) is 0 Å². The fraction of sp³-hybridized carbons (Fsp3) is 0.111. The van der Waals surface area contributed by atoms with Crippen molar-refractivity contribution >= 4 is 5.82 Å². The Hall–Kier alpha value is -2.04. The van der Waals surface area contributed by atoms with Crippen molar-refractivity contribution in [2.24, 2.45) is 0 Å². The fourth-order valence-corrected chi connectivity index (χ4v) is 1.06. The van der Waals surface area contributed by atoms with Gasteiger partial charge in [-0.3, -0.25) is 0 Å². The summed E-state index contributed by atoms with van der Waals surface area (Å²) in [7, 11) is 0. The lowest BCUT2D eigenvalue weighted by atomic mass is 10.2. The highest BCUT2D eigenvalue weighted by Gasteiger charge is 2.00. The van der Waals surface area contributed by atoms with Crippen LogP contribution in [0.5, 0.6) is 0 Å². The molecule has 0 aliphatic heterocycles. The van der Waals surface area contributed by atoms with Gasteiger partial charge in [0, 0.05) is 24.0 Å². The maximum absolute atomic E-state index is 5.53. The van der Waals surface area contributed by atoms with Crippen LogP contribution in [0.4, 0.5) is 5.82 Å². The summed E-state index contributed by atoms with van der Waals surface area (Å²) >= 11 is 0. The van der Waals surface area contributed by atoms with Crippen LogP contribution < -0.4 is 5.73 Å². The van der Waals surface area contributed by atoms with Crippen LogP contribution in [-0.4, -0.2) is 19.9 Å². The van der Waals surface area contributed by atoms with Gasteiger partial charge in [-0.2, -0.15) is 0 Å².